The first-order chi connectivity index (χ1) is 12.1. The molecule has 0 spiro atoms. The van der Waals surface area contributed by atoms with Crippen molar-refractivity contribution < 1.29 is 9.59 Å². The summed E-state index contributed by atoms with van der Waals surface area (Å²) in [6.07, 6.45) is 4.47. The van der Waals surface area contributed by atoms with Crippen LogP contribution in [0.2, 0.25) is 0 Å². The maximum absolute atomic E-state index is 13.1. The third-order valence-electron chi connectivity index (χ3n) is 5.37. The monoisotopic (exact) mass is 343 g/mol. The van der Waals surface area contributed by atoms with Gasteiger partial charge in [0.25, 0.3) is 0 Å². The first-order valence-corrected chi connectivity index (χ1v) is 9.57. The summed E-state index contributed by atoms with van der Waals surface area (Å²) in [4.78, 5) is 28.7. The van der Waals surface area contributed by atoms with Gasteiger partial charge in [0.15, 0.2) is 0 Å². The molecule has 0 saturated carbocycles. The molecule has 2 aliphatic rings. The molecule has 1 aromatic rings. The van der Waals surface area contributed by atoms with E-state index >= 15 is 0 Å². The molecular weight excluding hydrogens is 314 g/mol. The van der Waals surface area contributed by atoms with Gasteiger partial charge in [0.2, 0.25) is 5.91 Å². The number of carbonyl (C=O) groups is 2. The normalized spacial score (nSPS) is 23.0. The van der Waals surface area contributed by atoms with Gasteiger partial charge in [-0.3, -0.25) is 9.69 Å². The lowest BCUT2D eigenvalue weighted by Gasteiger charge is -2.28. The Morgan fingerprint density at radius 1 is 1.24 bits per heavy atom. The Hall–Kier alpha value is -2.04. The molecule has 5 heteroatoms. The molecule has 136 valence electrons. The molecule has 2 heterocycles. The first kappa shape index (κ1) is 17.8. The van der Waals surface area contributed by atoms with E-state index in [1.165, 1.54) is 5.56 Å². The minimum absolute atomic E-state index is 0.0634. The van der Waals surface area contributed by atoms with Gasteiger partial charge in [-0.15, -0.1) is 0 Å². The molecule has 0 aliphatic carbocycles. The van der Waals surface area contributed by atoms with Gasteiger partial charge in [0, 0.05) is 31.7 Å². The Kier molecular flexibility index (Phi) is 5.61. The summed E-state index contributed by atoms with van der Waals surface area (Å²) < 4.78 is 0. The predicted molar refractivity (Wildman–Crippen MR) is 99.7 cm³/mol. The van der Waals surface area contributed by atoms with Crippen LogP contribution in [0.5, 0.6) is 0 Å². The van der Waals surface area contributed by atoms with Crippen LogP contribution in [0.3, 0.4) is 0 Å². The maximum atomic E-state index is 13.1. The largest absolute Gasteiger partial charge is 0.351 e. The minimum Gasteiger partial charge on any atom is -0.351 e. The van der Waals surface area contributed by atoms with Crippen molar-refractivity contribution in [3.63, 3.8) is 0 Å². The Bertz CT molecular complexity index is 614. The number of anilines is 1. The fraction of sp³-hybridized carbons (Fsp3) is 0.600. The van der Waals surface area contributed by atoms with E-state index in [1.807, 2.05) is 21.9 Å². The lowest BCUT2D eigenvalue weighted by molar-refractivity contribution is -0.121. The fourth-order valence-electron chi connectivity index (χ4n) is 3.93. The summed E-state index contributed by atoms with van der Waals surface area (Å²) >= 11 is 0. The van der Waals surface area contributed by atoms with Crippen LogP contribution in [0.15, 0.2) is 24.3 Å². The van der Waals surface area contributed by atoms with Crippen molar-refractivity contribution >= 4 is 17.6 Å². The Morgan fingerprint density at radius 3 is 2.68 bits per heavy atom. The van der Waals surface area contributed by atoms with Gasteiger partial charge in [0.1, 0.15) is 0 Å². The molecular formula is C20H29N3O2. The number of likely N-dealkylation sites (tertiary alicyclic amines) is 1. The second kappa shape index (κ2) is 7.89. The van der Waals surface area contributed by atoms with E-state index in [9.17, 15) is 9.59 Å². The molecule has 1 N–H and O–H groups in total. The number of amides is 3. The molecule has 0 aromatic heterocycles. The standard InChI is InChI=1S/C20H29N3O2/c1-3-12-23(17-10-8-15(4-2)9-11-17)20(25)22-13-16-6-5-7-19(24)21-18(16)14-22/h8-11,16,18H,3-7,12-14H2,1-2H3,(H,21,24). The van der Waals surface area contributed by atoms with Crippen LogP contribution in [0.1, 0.15) is 45.1 Å². The van der Waals surface area contributed by atoms with Crippen molar-refractivity contribution in [2.24, 2.45) is 5.92 Å². The van der Waals surface area contributed by atoms with Crippen LogP contribution in [0, 0.1) is 5.92 Å². The van der Waals surface area contributed by atoms with Gasteiger partial charge < -0.3 is 10.2 Å². The van der Waals surface area contributed by atoms with Crippen LogP contribution in [0.4, 0.5) is 10.5 Å². The molecule has 3 amide bonds. The van der Waals surface area contributed by atoms with Crippen LogP contribution in [-0.2, 0) is 11.2 Å². The summed E-state index contributed by atoms with van der Waals surface area (Å²) in [6.45, 7) is 6.31. The zero-order valence-corrected chi connectivity index (χ0v) is 15.3. The van der Waals surface area contributed by atoms with Gasteiger partial charge in [-0.1, -0.05) is 26.0 Å². The number of carbonyl (C=O) groups excluding carboxylic acids is 2. The molecule has 25 heavy (non-hydrogen) atoms. The first-order valence-electron chi connectivity index (χ1n) is 9.57. The van der Waals surface area contributed by atoms with Crippen LogP contribution < -0.4 is 10.2 Å². The second-order valence-corrected chi connectivity index (χ2v) is 7.19. The van der Waals surface area contributed by atoms with Crippen molar-refractivity contribution in [2.75, 3.05) is 24.5 Å². The maximum Gasteiger partial charge on any atom is 0.324 e. The summed E-state index contributed by atoms with van der Waals surface area (Å²) in [6, 6.07) is 8.46. The van der Waals surface area contributed by atoms with Crippen LogP contribution in [-0.4, -0.2) is 42.5 Å². The van der Waals surface area contributed by atoms with Crippen LogP contribution in [0.25, 0.3) is 0 Å². The van der Waals surface area contributed by atoms with Gasteiger partial charge >= 0.3 is 6.03 Å². The molecule has 2 atom stereocenters. The van der Waals surface area contributed by atoms with Crippen molar-refractivity contribution in [2.45, 2.75) is 52.0 Å². The number of nitrogens with zero attached hydrogens (tertiary/aromatic N) is 2. The highest BCUT2D eigenvalue weighted by Crippen LogP contribution is 2.27. The SMILES string of the molecule is CCCN(C(=O)N1CC2CCCC(=O)NC2C1)c1ccc(CC)cc1. The smallest absolute Gasteiger partial charge is 0.324 e. The topological polar surface area (TPSA) is 52.7 Å². The molecule has 0 bridgehead atoms. The minimum atomic E-state index is 0.0634. The van der Waals surface area contributed by atoms with Gasteiger partial charge in [-0.05, 0) is 49.3 Å². The number of hydrogen-bond donors (Lipinski definition) is 1. The lowest BCUT2D eigenvalue weighted by atomic mass is 9.99. The molecule has 5 nitrogen and oxygen atoms in total. The molecule has 2 aliphatic heterocycles. The summed E-state index contributed by atoms with van der Waals surface area (Å²) in [5, 5.41) is 3.10. The molecule has 2 saturated heterocycles. The quantitative estimate of drug-likeness (QED) is 0.913. The average Bonchev–Trinajstić information content (AvgIpc) is 2.93. The Balaban J connectivity index is 1.73. The van der Waals surface area contributed by atoms with E-state index < -0.39 is 0 Å². The van der Waals surface area contributed by atoms with E-state index in [1.54, 1.807) is 0 Å². The number of urea groups is 1. The van der Waals surface area contributed by atoms with Crippen molar-refractivity contribution in [1.29, 1.82) is 0 Å². The van der Waals surface area contributed by atoms with Gasteiger partial charge in [-0.2, -0.15) is 0 Å². The number of nitrogens with one attached hydrogen (secondary N) is 1. The van der Waals surface area contributed by atoms with Gasteiger partial charge in [0.05, 0.1) is 6.04 Å². The summed E-state index contributed by atoms with van der Waals surface area (Å²) in [7, 11) is 0. The number of fused-ring (bicyclic) bond motifs is 1. The summed E-state index contributed by atoms with van der Waals surface area (Å²) in [5.74, 6) is 0.517. The number of hydrogen-bond acceptors (Lipinski definition) is 2. The Morgan fingerprint density at radius 2 is 2.00 bits per heavy atom. The highest BCUT2D eigenvalue weighted by atomic mass is 16.2. The van der Waals surface area contributed by atoms with Gasteiger partial charge in [-0.25, -0.2) is 4.79 Å². The van der Waals surface area contributed by atoms with E-state index in [2.05, 4.69) is 31.3 Å². The molecule has 2 fully saturated rings. The van der Waals surface area contributed by atoms with Crippen molar-refractivity contribution in [1.82, 2.24) is 10.2 Å². The number of rotatable bonds is 4. The third-order valence-corrected chi connectivity index (χ3v) is 5.37. The van der Waals surface area contributed by atoms with E-state index in [0.29, 0.717) is 25.4 Å². The molecule has 0 radical (unpaired) electrons. The molecule has 3 rings (SSSR count). The van der Waals surface area contributed by atoms with E-state index in [-0.39, 0.29) is 18.0 Å². The zero-order valence-electron chi connectivity index (χ0n) is 15.3. The highest BCUT2D eigenvalue weighted by Gasteiger charge is 2.38. The average molecular weight is 343 g/mol. The van der Waals surface area contributed by atoms with Crippen molar-refractivity contribution in [3.8, 4) is 0 Å². The number of benzene rings is 1. The molecule has 1 aromatic carbocycles. The zero-order chi connectivity index (χ0) is 17.8. The third kappa shape index (κ3) is 3.97. The lowest BCUT2D eigenvalue weighted by Crippen LogP contribution is -2.44. The van der Waals surface area contributed by atoms with E-state index in [0.717, 1.165) is 37.9 Å². The summed E-state index contributed by atoms with van der Waals surface area (Å²) in [5.41, 5.74) is 2.24. The fourth-order valence-corrected chi connectivity index (χ4v) is 3.93. The second-order valence-electron chi connectivity index (χ2n) is 7.19. The molecule has 2 unspecified atom stereocenters. The Labute approximate surface area is 150 Å². The van der Waals surface area contributed by atoms with Crippen LogP contribution >= 0.6 is 0 Å². The highest BCUT2D eigenvalue weighted by molar-refractivity contribution is 5.92. The van der Waals surface area contributed by atoms with Crippen molar-refractivity contribution in [3.05, 3.63) is 29.8 Å². The number of aryl methyl sites for hydroxylation is 1. The van der Waals surface area contributed by atoms with E-state index in [4.69, 9.17) is 0 Å². The predicted octanol–water partition coefficient (Wildman–Crippen LogP) is 3.19.